The van der Waals surface area contributed by atoms with Gasteiger partial charge in [-0.1, -0.05) is 0 Å². The minimum absolute atomic E-state index is 0.223. The van der Waals surface area contributed by atoms with E-state index in [1.807, 2.05) is 0 Å². The van der Waals surface area contributed by atoms with Crippen LogP contribution in [0.2, 0.25) is 0 Å². The lowest BCUT2D eigenvalue weighted by Crippen LogP contribution is -2.49. The van der Waals surface area contributed by atoms with Crippen LogP contribution in [0.1, 0.15) is 13.8 Å². The van der Waals surface area contributed by atoms with E-state index in [9.17, 15) is 14.4 Å². The number of rotatable bonds is 8. The van der Waals surface area contributed by atoms with Crippen molar-refractivity contribution >= 4 is 35.5 Å². The summed E-state index contributed by atoms with van der Waals surface area (Å²) in [6, 6.07) is 0. The molecule has 0 fully saturated rings. The second-order valence-electron chi connectivity index (χ2n) is 4.37. The maximum atomic E-state index is 11.7. The number of aliphatic carboxylic acids is 1. The Morgan fingerprint density at radius 3 is 2.52 bits per heavy atom. The topological polar surface area (TPSA) is 145 Å². The van der Waals surface area contributed by atoms with Crippen molar-refractivity contribution in [1.29, 1.82) is 0 Å². The molecule has 0 aliphatic carbocycles. The lowest BCUT2D eigenvalue weighted by atomic mass is 10.1. The molecule has 0 radical (unpaired) electrons. The summed E-state index contributed by atoms with van der Waals surface area (Å²) in [5.74, 6) is -2.01. The molecule has 9 heteroatoms. The number of carboxylic acids is 1. The van der Waals surface area contributed by atoms with Gasteiger partial charge >= 0.3 is 17.9 Å². The van der Waals surface area contributed by atoms with Crippen LogP contribution in [0.4, 0.5) is 0 Å². The molecule has 0 heterocycles. The first-order valence-electron chi connectivity index (χ1n) is 5.95. The van der Waals surface area contributed by atoms with Gasteiger partial charge in [0.25, 0.3) is 0 Å². The number of ether oxygens (including phenoxy) is 1. The number of carbonyl (C=O) groups is 3. The molecule has 0 aromatic carbocycles. The second-order valence-corrected chi connectivity index (χ2v) is 5.48. The van der Waals surface area contributed by atoms with Crippen molar-refractivity contribution in [2.24, 2.45) is 16.5 Å². The molecule has 21 heavy (non-hydrogen) atoms. The highest BCUT2D eigenvalue weighted by Gasteiger charge is 2.31. The molecule has 0 unspecified atom stereocenters. The monoisotopic (exact) mass is 317 g/mol. The summed E-state index contributed by atoms with van der Waals surface area (Å²) in [6.45, 7) is 3.59. The van der Waals surface area contributed by atoms with Crippen LogP contribution in [0.15, 0.2) is 17.1 Å². The number of amidine groups is 1. The summed E-state index contributed by atoms with van der Waals surface area (Å²) in [4.78, 5) is 37.0. The molecule has 0 aliphatic heterocycles. The Morgan fingerprint density at radius 2 is 2.00 bits per heavy atom. The number of aliphatic imine (C=N–C) groups is 1. The average Bonchev–Trinajstić information content (AvgIpc) is 2.35. The Bertz CT molecular complexity index is 456. The van der Waals surface area contributed by atoms with Crippen LogP contribution in [0.5, 0.6) is 0 Å². The van der Waals surface area contributed by atoms with Gasteiger partial charge in [-0.25, -0.2) is 14.4 Å². The average molecular weight is 317 g/mol. The molecule has 0 aliphatic rings. The molecule has 0 aromatic rings. The molecule has 0 aromatic heterocycles. The predicted molar refractivity (Wildman–Crippen MR) is 80.0 cm³/mol. The van der Waals surface area contributed by atoms with Gasteiger partial charge in [0.1, 0.15) is 5.54 Å². The van der Waals surface area contributed by atoms with Crippen LogP contribution < -0.4 is 11.5 Å². The van der Waals surface area contributed by atoms with Crippen LogP contribution >= 0.6 is 11.8 Å². The van der Waals surface area contributed by atoms with Crippen molar-refractivity contribution in [3.8, 4) is 0 Å². The molecule has 5 N–H and O–H groups in total. The number of esters is 2. The first-order valence-corrected chi connectivity index (χ1v) is 7.11. The second kappa shape index (κ2) is 9.14. The summed E-state index contributed by atoms with van der Waals surface area (Å²) in [7, 11) is 0. The number of carboxylic acid groups (broad SMARTS) is 1. The van der Waals surface area contributed by atoms with Crippen LogP contribution in [0.3, 0.4) is 0 Å². The summed E-state index contributed by atoms with van der Waals surface area (Å²) in [6.07, 6.45) is 1.22. The molecule has 0 bridgehead atoms. The highest BCUT2D eigenvalue weighted by molar-refractivity contribution is 7.99. The van der Waals surface area contributed by atoms with Gasteiger partial charge in [-0.2, -0.15) is 11.8 Å². The SMILES string of the molecule is CC(N)=NCCSC[C@](C)(N)C(=O)OC(=O)/C=C\C(=O)O. The van der Waals surface area contributed by atoms with E-state index in [1.165, 1.54) is 18.7 Å². The van der Waals surface area contributed by atoms with E-state index >= 15 is 0 Å². The largest absolute Gasteiger partial charge is 0.478 e. The molecular weight excluding hydrogens is 298 g/mol. The fourth-order valence-electron chi connectivity index (χ4n) is 1.01. The van der Waals surface area contributed by atoms with Crippen molar-refractivity contribution in [3.05, 3.63) is 12.2 Å². The van der Waals surface area contributed by atoms with Crippen LogP contribution in [-0.2, 0) is 19.1 Å². The van der Waals surface area contributed by atoms with Gasteiger partial charge in [-0.3, -0.25) is 4.99 Å². The molecule has 118 valence electrons. The van der Waals surface area contributed by atoms with Gasteiger partial charge in [0.15, 0.2) is 0 Å². The number of nitrogens with two attached hydrogens (primary N) is 2. The third-order valence-corrected chi connectivity index (χ3v) is 3.30. The molecule has 0 saturated heterocycles. The lowest BCUT2D eigenvalue weighted by Gasteiger charge is -2.20. The summed E-state index contributed by atoms with van der Waals surface area (Å²) >= 11 is 1.36. The molecule has 0 rings (SSSR count). The molecule has 0 amide bonds. The summed E-state index contributed by atoms with van der Waals surface area (Å²) < 4.78 is 4.45. The smallest absolute Gasteiger partial charge is 0.338 e. The van der Waals surface area contributed by atoms with Crippen LogP contribution in [-0.4, -0.2) is 52.4 Å². The van der Waals surface area contributed by atoms with Crippen molar-refractivity contribution < 1.29 is 24.2 Å². The molecule has 1 atom stereocenters. The van der Waals surface area contributed by atoms with Gasteiger partial charge in [0.2, 0.25) is 0 Å². The van der Waals surface area contributed by atoms with Crippen molar-refractivity contribution in [2.45, 2.75) is 19.4 Å². The normalized spacial score (nSPS) is 14.7. The van der Waals surface area contributed by atoms with Crippen molar-refractivity contribution in [1.82, 2.24) is 0 Å². The quantitative estimate of drug-likeness (QED) is 0.136. The maximum Gasteiger partial charge on any atom is 0.338 e. The first kappa shape index (κ1) is 19.1. The fraction of sp³-hybridized carbons (Fsp3) is 0.500. The maximum absolute atomic E-state index is 11.7. The highest BCUT2D eigenvalue weighted by atomic mass is 32.2. The Hall–Kier alpha value is -1.87. The zero-order chi connectivity index (χ0) is 16.5. The molecule has 8 nitrogen and oxygen atoms in total. The first-order chi connectivity index (χ1) is 9.65. The number of hydrogen-bond donors (Lipinski definition) is 3. The van der Waals surface area contributed by atoms with E-state index in [0.717, 1.165) is 0 Å². The van der Waals surface area contributed by atoms with Gasteiger partial charge in [0, 0.05) is 30.2 Å². The van der Waals surface area contributed by atoms with Gasteiger partial charge in [-0.15, -0.1) is 0 Å². The lowest BCUT2D eigenvalue weighted by molar-refractivity contribution is -0.159. The summed E-state index contributed by atoms with van der Waals surface area (Å²) in [5.41, 5.74) is 9.77. The van der Waals surface area contributed by atoms with Crippen LogP contribution in [0.25, 0.3) is 0 Å². The predicted octanol–water partition coefficient (Wildman–Crippen LogP) is -0.475. The van der Waals surface area contributed by atoms with Crippen LogP contribution in [0, 0.1) is 0 Å². The highest BCUT2D eigenvalue weighted by Crippen LogP contribution is 2.12. The van der Waals surface area contributed by atoms with Gasteiger partial charge in [0.05, 0.1) is 5.84 Å². The van der Waals surface area contributed by atoms with E-state index in [1.54, 1.807) is 6.92 Å². The molecule has 0 spiro atoms. The number of carbonyl (C=O) groups excluding carboxylic acids is 2. The standard InChI is InChI=1S/C12H19N3O5S/c1-8(13)15-5-6-21-7-12(2,14)11(19)20-10(18)4-3-9(16)17/h3-4H,5-7,14H2,1-2H3,(H2,13,15)(H,16,17)/b4-3-/t12-/m0/s1. The zero-order valence-corrected chi connectivity index (χ0v) is 12.7. The zero-order valence-electron chi connectivity index (χ0n) is 11.9. The van der Waals surface area contributed by atoms with Gasteiger partial charge < -0.3 is 21.3 Å². The minimum atomic E-state index is -1.36. The van der Waals surface area contributed by atoms with E-state index in [0.29, 0.717) is 30.3 Å². The Labute approximate surface area is 126 Å². The van der Waals surface area contributed by atoms with E-state index in [4.69, 9.17) is 16.6 Å². The minimum Gasteiger partial charge on any atom is -0.478 e. The number of thioether (sulfide) groups is 1. The third kappa shape index (κ3) is 9.63. The Balaban J connectivity index is 4.23. The number of nitrogens with zero attached hydrogens (tertiary/aromatic N) is 1. The van der Waals surface area contributed by atoms with E-state index < -0.39 is 23.4 Å². The summed E-state index contributed by atoms with van der Waals surface area (Å²) in [5, 5.41) is 8.33. The van der Waals surface area contributed by atoms with Gasteiger partial charge in [-0.05, 0) is 13.8 Å². The number of hydrogen-bond acceptors (Lipinski definition) is 7. The van der Waals surface area contributed by atoms with Crippen molar-refractivity contribution in [3.63, 3.8) is 0 Å². The fourth-order valence-corrected chi connectivity index (χ4v) is 1.92. The van der Waals surface area contributed by atoms with E-state index in [2.05, 4.69) is 9.73 Å². The van der Waals surface area contributed by atoms with E-state index in [-0.39, 0.29) is 5.75 Å². The van der Waals surface area contributed by atoms with Crippen molar-refractivity contribution in [2.75, 3.05) is 18.1 Å². The third-order valence-electron chi connectivity index (χ3n) is 2.02. The Morgan fingerprint density at radius 1 is 1.38 bits per heavy atom. The Kier molecular flexibility index (Phi) is 8.32. The molecule has 0 saturated carbocycles. The molecular formula is C12H19N3O5S.